The van der Waals surface area contributed by atoms with Crippen LogP contribution in [0.2, 0.25) is 5.02 Å². The predicted molar refractivity (Wildman–Crippen MR) is 95.5 cm³/mol. The Morgan fingerprint density at radius 1 is 1.14 bits per heavy atom. The molecule has 0 spiro atoms. The number of nitrogens with zero attached hydrogens (tertiary/aromatic N) is 1. The Hall–Kier alpha value is -0.730. The van der Waals surface area contributed by atoms with Gasteiger partial charge in [0.1, 0.15) is 0 Å². The van der Waals surface area contributed by atoms with Gasteiger partial charge >= 0.3 is 0 Å². The molecule has 120 valence electrons. The maximum Gasteiger partial charge on any atom is 0.0474 e. The highest BCUT2D eigenvalue weighted by Crippen LogP contribution is 2.28. The number of halogens is 1. The number of hydrogen-bond donors (Lipinski definition) is 1. The summed E-state index contributed by atoms with van der Waals surface area (Å²) in [5, 5.41) is 4.28. The summed E-state index contributed by atoms with van der Waals surface area (Å²) in [6.45, 7) is 14.1. The van der Waals surface area contributed by atoms with E-state index in [0.717, 1.165) is 30.6 Å². The van der Waals surface area contributed by atoms with Crippen LogP contribution in [0.15, 0.2) is 18.2 Å². The first kappa shape index (κ1) is 18.3. The van der Waals surface area contributed by atoms with Crippen molar-refractivity contribution in [3.8, 4) is 0 Å². The van der Waals surface area contributed by atoms with Crippen molar-refractivity contribution in [2.45, 2.75) is 53.5 Å². The Bertz CT molecular complexity index is 416. The maximum absolute atomic E-state index is 6.50. The third-order valence-electron chi connectivity index (χ3n) is 4.34. The average Bonchev–Trinajstić information content (AvgIpc) is 2.48. The van der Waals surface area contributed by atoms with Crippen LogP contribution in [0, 0.1) is 5.92 Å². The monoisotopic (exact) mass is 310 g/mol. The van der Waals surface area contributed by atoms with Gasteiger partial charge in [-0.15, -0.1) is 0 Å². The Labute approximate surface area is 135 Å². The van der Waals surface area contributed by atoms with E-state index >= 15 is 0 Å². The molecule has 1 N–H and O–H groups in total. The fraction of sp³-hybridized carbons (Fsp3) is 0.667. The summed E-state index contributed by atoms with van der Waals surface area (Å²) in [6.07, 6.45) is 2.46. The van der Waals surface area contributed by atoms with Crippen molar-refractivity contribution in [1.82, 2.24) is 5.32 Å². The fourth-order valence-electron chi connectivity index (χ4n) is 2.76. The Kier molecular flexibility index (Phi) is 8.13. The first-order chi connectivity index (χ1) is 10.1. The zero-order valence-electron chi connectivity index (χ0n) is 14.2. The molecule has 0 aliphatic carbocycles. The lowest BCUT2D eigenvalue weighted by atomic mass is 10.0. The molecule has 2 nitrogen and oxygen atoms in total. The Morgan fingerprint density at radius 3 is 2.29 bits per heavy atom. The van der Waals surface area contributed by atoms with Gasteiger partial charge in [0.25, 0.3) is 0 Å². The minimum atomic E-state index is 0.297. The van der Waals surface area contributed by atoms with Crippen LogP contribution in [0.25, 0.3) is 0 Å². The molecule has 1 aromatic rings. The van der Waals surface area contributed by atoms with Crippen LogP contribution in [0.3, 0.4) is 0 Å². The van der Waals surface area contributed by atoms with E-state index in [0.29, 0.717) is 6.04 Å². The number of hydrogen-bond acceptors (Lipinski definition) is 2. The van der Waals surface area contributed by atoms with Gasteiger partial charge in [-0.2, -0.15) is 0 Å². The molecule has 3 heteroatoms. The molecular weight excluding hydrogens is 280 g/mol. The van der Waals surface area contributed by atoms with Gasteiger partial charge in [-0.3, -0.25) is 0 Å². The van der Waals surface area contributed by atoms with Gasteiger partial charge in [-0.05, 0) is 44.0 Å². The molecule has 0 aliphatic heterocycles. The van der Waals surface area contributed by atoms with Crippen molar-refractivity contribution in [3.05, 3.63) is 28.8 Å². The molecule has 0 heterocycles. The van der Waals surface area contributed by atoms with Crippen molar-refractivity contribution in [2.24, 2.45) is 5.92 Å². The highest BCUT2D eigenvalue weighted by atomic mass is 35.5. The lowest BCUT2D eigenvalue weighted by Gasteiger charge is -2.28. The molecule has 0 amide bonds. The molecule has 0 radical (unpaired) electrons. The molecule has 0 bridgehead atoms. The van der Waals surface area contributed by atoms with Crippen molar-refractivity contribution in [2.75, 3.05) is 24.5 Å². The molecule has 0 aliphatic rings. The zero-order valence-corrected chi connectivity index (χ0v) is 15.0. The largest absolute Gasteiger partial charge is 0.371 e. The second-order valence-electron chi connectivity index (χ2n) is 5.71. The highest BCUT2D eigenvalue weighted by Gasteiger charge is 2.14. The van der Waals surface area contributed by atoms with Crippen molar-refractivity contribution >= 4 is 17.3 Å². The summed E-state index contributed by atoms with van der Waals surface area (Å²) in [7, 11) is 0. The van der Waals surface area contributed by atoms with Gasteiger partial charge in [0.15, 0.2) is 0 Å². The summed E-state index contributed by atoms with van der Waals surface area (Å²) in [6, 6.07) is 6.80. The summed E-state index contributed by atoms with van der Waals surface area (Å²) in [5.41, 5.74) is 2.42. The number of rotatable bonds is 9. The molecular formula is C18H31ClN2. The average molecular weight is 311 g/mol. The minimum absolute atomic E-state index is 0.297. The van der Waals surface area contributed by atoms with Crippen LogP contribution in [-0.4, -0.2) is 19.6 Å². The number of nitrogens with one attached hydrogen (secondary N) is 1. The summed E-state index contributed by atoms with van der Waals surface area (Å²) >= 11 is 6.50. The van der Waals surface area contributed by atoms with Gasteiger partial charge in [0.2, 0.25) is 0 Å². The summed E-state index contributed by atoms with van der Waals surface area (Å²) in [5.74, 6) is 0.754. The molecule has 0 fully saturated rings. The van der Waals surface area contributed by atoms with Gasteiger partial charge in [0, 0.05) is 29.8 Å². The van der Waals surface area contributed by atoms with E-state index in [4.69, 9.17) is 11.6 Å². The SMILES string of the molecule is CCNC(C)c1ccc(N(CC)CC(CC)CC)cc1Cl. The highest BCUT2D eigenvalue weighted by molar-refractivity contribution is 6.31. The van der Waals surface area contributed by atoms with Gasteiger partial charge in [-0.25, -0.2) is 0 Å². The van der Waals surface area contributed by atoms with E-state index in [-0.39, 0.29) is 0 Å². The zero-order chi connectivity index (χ0) is 15.8. The van der Waals surface area contributed by atoms with Gasteiger partial charge < -0.3 is 10.2 Å². The van der Waals surface area contributed by atoms with Gasteiger partial charge in [0.05, 0.1) is 0 Å². The first-order valence-electron chi connectivity index (χ1n) is 8.34. The molecule has 1 aromatic carbocycles. The van der Waals surface area contributed by atoms with Crippen LogP contribution in [0.4, 0.5) is 5.69 Å². The normalized spacial score (nSPS) is 12.7. The predicted octanol–water partition coefficient (Wildman–Crippen LogP) is 5.27. The molecule has 1 atom stereocenters. The number of benzene rings is 1. The number of anilines is 1. The second-order valence-corrected chi connectivity index (χ2v) is 6.11. The first-order valence-corrected chi connectivity index (χ1v) is 8.72. The van der Waals surface area contributed by atoms with Crippen LogP contribution in [-0.2, 0) is 0 Å². The second kappa shape index (κ2) is 9.32. The molecule has 0 aromatic heterocycles. The van der Waals surface area contributed by atoms with Crippen LogP contribution < -0.4 is 10.2 Å². The van der Waals surface area contributed by atoms with Crippen LogP contribution in [0.5, 0.6) is 0 Å². The van der Waals surface area contributed by atoms with Crippen molar-refractivity contribution in [3.63, 3.8) is 0 Å². The Morgan fingerprint density at radius 2 is 1.81 bits per heavy atom. The molecule has 0 saturated carbocycles. The summed E-state index contributed by atoms with van der Waals surface area (Å²) in [4.78, 5) is 2.44. The smallest absolute Gasteiger partial charge is 0.0474 e. The molecule has 1 unspecified atom stereocenters. The fourth-order valence-corrected chi connectivity index (χ4v) is 3.09. The molecule has 21 heavy (non-hydrogen) atoms. The standard InChI is InChI=1S/C18H31ClN2/c1-6-15(7-2)13-21(9-4)16-10-11-17(18(19)12-16)14(5)20-8-3/h10-12,14-15,20H,6-9,13H2,1-5H3. The van der Waals surface area contributed by atoms with Crippen molar-refractivity contribution < 1.29 is 0 Å². The van der Waals surface area contributed by atoms with Crippen LogP contribution in [0.1, 0.15) is 59.1 Å². The van der Waals surface area contributed by atoms with E-state index in [1.54, 1.807) is 0 Å². The third kappa shape index (κ3) is 5.19. The lowest BCUT2D eigenvalue weighted by molar-refractivity contribution is 0.486. The quantitative estimate of drug-likeness (QED) is 0.668. The lowest BCUT2D eigenvalue weighted by Crippen LogP contribution is -2.29. The molecule has 1 rings (SSSR count). The van der Waals surface area contributed by atoms with E-state index in [1.165, 1.54) is 24.1 Å². The van der Waals surface area contributed by atoms with Crippen LogP contribution >= 0.6 is 11.6 Å². The maximum atomic E-state index is 6.50. The van der Waals surface area contributed by atoms with E-state index in [1.807, 2.05) is 0 Å². The van der Waals surface area contributed by atoms with Gasteiger partial charge in [-0.1, -0.05) is 51.3 Å². The minimum Gasteiger partial charge on any atom is -0.371 e. The third-order valence-corrected chi connectivity index (χ3v) is 4.67. The Balaban J connectivity index is 2.89. The van der Waals surface area contributed by atoms with E-state index in [2.05, 4.69) is 63.0 Å². The topological polar surface area (TPSA) is 15.3 Å². The summed E-state index contributed by atoms with van der Waals surface area (Å²) < 4.78 is 0. The van der Waals surface area contributed by atoms with E-state index in [9.17, 15) is 0 Å². The molecule has 0 saturated heterocycles. The van der Waals surface area contributed by atoms with E-state index < -0.39 is 0 Å². The van der Waals surface area contributed by atoms with Crippen molar-refractivity contribution in [1.29, 1.82) is 0 Å².